The highest BCUT2D eigenvalue weighted by Gasteiger charge is 2.19. The number of hydrazone groups is 1. The topological polar surface area (TPSA) is 72.4 Å². The molecule has 0 atom stereocenters. The number of aryl methyl sites for hydroxylation is 1. The molecule has 2 aromatic rings. The number of benzene rings is 2. The molecule has 1 amide bonds. The van der Waals surface area contributed by atoms with Gasteiger partial charge in [0.25, 0.3) is 5.91 Å². The molecule has 30 heavy (non-hydrogen) atoms. The minimum atomic E-state index is -3.02. The number of nitrogens with one attached hydrogen (secondary N) is 1. The minimum Gasteiger partial charge on any atom is -0.493 e. The van der Waals surface area contributed by atoms with E-state index in [4.69, 9.17) is 9.47 Å². The first-order chi connectivity index (χ1) is 14.5. The van der Waals surface area contributed by atoms with Crippen LogP contribution in [0.2, 0.25) is 0 Å². The summed E-state index contributed by atoms with van der Waals surface area (Å²) >= 11 is 0. The average molecular weight is 419 g/mol. The zero-order valence-corrected chi connectivity index (χ0v) is 16.7. The highest BCUT2D eigenvalue weighted by Crippen LogP contribution is 2.39. The van der Waals surface area contributed by atoms with E-state index in [1.807, 2.05) is 23.1 Å². The normalized spacial score (nSPS) is 13.3. The maximum absolute atomic E-state index is 12.6. The largest absolute Gasteiger partial charge is 0.493 e. The van der Waals surface area contributed by atoms with Crippen molar-refractivity contribution in [2.24, 2.45) is 5.10 Å². The van der Waals surface area contributed by atoms with E-state index in [1.54, 1.807) is 0 Å². The van der Waals surface area contributed by atoms with Crippen molar-refractivity contribution in [2.45, 2.75) is 19.5 Å². The molecule has 1 heterocycles. The molecule has 7 nitrogen and oxygen atoms in total. The van der Waals surface area contributed by atoms with E-state index in [2.05, 4.69) is 21.3 Å². The standard InChI is InChI=1S/C21H23F2N3O4/c1-28-17-10-14(11-18(29-2)20(17)30-21(22)23)12-24-25-19(27)13-26-9-5-7-15-6-3-4-8-16(15)26/h3-4,6,8,10-12,21H,5,7,9,13H2,1-2H3,(H,25,27)/b24-12-. The molecule has 0 unspecified atom stereocenters. The Hall–Kier alpha value is -3.36. The van der Waals surface area contributed by atoms with Crippen LogP contribution in [0.3, 0.4) is 0 Å². The number of carbonyl (C=O) groups excluding carboxylic acids is 1. The number of amides is 1. The predicted molar refractivity (Wildman–Crippen MR) is 109 cm³/mol. The van der Waals surface area contributed by atoms with E-state index in [1.165, 1.54) is 38.1 Å². The van der Waals surface area contributed by atoms with E-state index < -0.39 is 6.61 Å². The van der Waals surface area contributed by atoms with Crippen LogP contribution in [-0.2, 0) is 11.2 Å². The van der Waals surface area contributed by atoms with Crippen molar-refractivity contribution < 1.29 is 27.8 Å². The van der Waals surface area contributed by atoms with Gasteiger partial charge in [0, 0.05) is 17.8 Å². The first-order valence-corrected chi connectivity index (χ1v) is 9.37. The lowest BCUT2D eigenvalue weighted by atomic mass is 10.0. The van der Waals surface area contributed by atoms with Crippen molar-refractivity contribution in [3.8, 4) is 17.2 Å². The van der Waals surface area contributed by atoms with Crippen LogP contribution in [0, 0.1) is 0 Å². The van der Waals surface area contributed by atoms with Gasteiger partial charge in [-0.15, -0.1) is 0 Å². The molecule has 160 valence electrons. The average Bonchev–Trinajstić information content (AvgIpc) is 2.74. The number of carbonyl (C=O) groups is 1. The van der Waals surface area contributed by atoms with Gasteiger partial charge in [0.05, 0.1) is 27.0 Å². The number of rotatable bonds is 8. The van der Waals surface area contributed by atoms with Crippen molar-refractivity contribution in [3.63, 3.8) is 0 Å². The Balaban J connectivity index is 1.66. The molecule has 2 aromatic carbocycles. The second-order valence-corrected chi connectivity index (χ2v) is 6.58. The zero-order valence-electron chi connectivity index (χ0n) is 16.7. The van der Waals surface area contributed by atoms with Crippen molar-refractivity contribution in [1.29, 1.82) is 0 Å². The SMILES string of the molecule is COc1cc(/C=N\NC(=O)CN2CCCc3ccccc32)cc(OC)c1OC(F)F. The zero-order chi connectivity index (χ0) is 21.5. The summed E-state index contributed by atoms with van der Waals surface area (Å²) in [5.74, 6) is -0.348. The van der Waals surface area contributed by atoms with Crippen molar-refractivity contribution in [3.05, 3.63) is 47.5 Å². The number of fused-ring (bicyclic) bond motifs is 1. The molecule has 3 rings (SSSR count). The third-order valence-electron chi connectivity index (χ3n) is 4.63. The van der Waals surface area contributed by atoms with Crippen LogP contribution in [0.4, 0.5) is 14.5 Å². The Labute approximate surface area is 173 Å². The molecule has 1 aliphatic heterocycles. The summed E-state index contributed by atoms with van der Waals surface area (Å²) in [4.78, 5) is 14.3. The van der Waals surface area contributed by atoms with Gasteiger partial charge in [0.2, 0.25) is 5.75 Å². The highest BCUT2D eigenvalue weighted by atomic mass is 19.3. The summed E-state index contributed by atoms with van der Waals surface area (Å²) in [5, 5.41) is 3.95. The molecular formula is C21H23F2N3O4. The van der Waals surface area contributed by atoms with Crippen LogP contribution in [0.1, 0.15) is 17.5 Å². The van der Waals surface area contributed by atoms with E-state index in [9.17, 15) is 13.6 Å². The number of halogens is 2. The van der Waals surface area contributed by atoms with Gasteiger partial charge in [-0.3, -0.25) is 4.79 Å². The van der Waals surface area contributed by atoms with Gasteiger partial charge < -0.3 is 19.1 Å². The Kier molecular flexibility index (Phi) is 7.05. The van der Waals surface area contributed by atoms with Gasteiger partial charge in [0.15, 0.2) is 11.5 Å². The predicted octanol–water partition coefficient (Wildman–Crippen LogP) is 3.21. The number of ether oxygens (including phenoxy) is 3. The van der Waals surface area contributed by atoms with Crippen molar-refractivity contribution in [1.82, 2.24) is 5.43 Å². The Bertz CT molecular complexity index is 896. The van der Waals surface area contributed by atoms with Gasteiger partial charge in [0.1, 0.15) is 0 Å². The molecule has 1 aliphatic rings. The molecule has 0 saturated carbocycles. The molecule has 0 fully saturated rings. The molecule has 0 spiro atoms. The van der Waals surface area contributed by atoms with E-state index in [-0.39, 0.29) is 29.7 Å². The fourth-order valence-corrected chi connectivity index (χ4v) is 3.34. The van der Waals surface area contributed by atoms with Gasteiger partial charge in [-0.2, -0.15) is 13.9 Å². The number of nitrogens with zero attached hydrogens (tertiary/aromatic N) is 2. The number of anilines is 1. The summed E-state index contributed by atoms with van der Waals surface area (Å²) < 4.78 is 39.9. The summed E-state index contributed by atoms with van der Waals surface area (Å²) in [6, 6.07) is 10.9. The molecular weight excluding hydrogens is 396 g/mol. The van der Waals surface area contributed by atoms with Crippen LogP contribution >= 0.6 is 0 Å². The van der Waals surface area contributed by atoms with Crippen molar-refractivity contribution >= 4 is 17.8 Å². The lowest BCUT2D eigenvalue weighted by Gasteiger charge is -2.30. The lowest BCUT2D eigenvalue weighted by molar-refractivity contribution is -0.119. The quantitative estimate of drug-likeness (QED) is 0.526. The van der Waals surface area contributed by atoms with Crippen LogP contribution in [-0.4, -0.2) is 46.0 Å². The number of para-hydroxylation sites is 1. The van der Waals surface area contributed by atoms with Gasteiger partial charge >= 0.3 is 6.61 Å². The molecule has 0 saturated heterocycles. The fraction of sp³-hybridized carbons (Fsp3) is 0.333. The first kappa shape index (κ1) is 21.4. The maximum Gasteiger partial charge on any atom is 0.387 e. The molecule has 0 aromatic heterocycles. The Morgan fingerprint density at radius 3 is 2.60 bits per heavy atom. The van der Waals surface area contributed by atoms with E-state index in [0.717, 1.165) is 25.1 Å². The van der Waals surface area contributed by atoms with E-state index >= 15 is 0 Å². The van der Waals surface area contributed by atoms with Gasteiger partial charge in [-0.1, -0.05) is 18.2 Å². The Morgan fingerprint density at radius 2 is 1.93 bits per heavy atom. The summed E-state index contributed by atoms with van der Waals surface area (Å²) in [6.07, 6.45) is 3.36. The molecule has 1 N–H and O–H groups in total. The van der Waals surface area contributed by atoms with E-state index in [0.29, 0.717) is 5.56 Å². The van der Waals surface area contributed by atoms with Crippen LogP contribution in [0.15, 0.2) is 41.5 Å². The first-order valence-electron chi connectivity index (χ1n) is 9.37. The number of methoxy groups -OCH3 is 2. The number of hydrogen-bond acceptors (Lipinski definition) is 6. The number of alkyl halides is 2. The maximum atomic E-state index is 12.6. The minimum absolute atomic E-state index is 0.0624. The van der Waals surface area contributed by atoms with Crippen LogP contribution < -0.4 is 24.5 Å². The summed E-state index contributed by atoms with van der Waals surface area (Å²) in [5.41, 5.74) is 5.26. The fourth-order valence-electron chi connectivity index (χ4n) is 3.34. The van der Waals surface area contributed by atoms with Crippen molar-refractivity contribution in [2.75, 3.05) is 32.2 Å². The van der Waals surface area contributed by atoms with Gasteiger partial charge in [-0.05, 0) is 36.6 Å². The summed E-state index contributed by atoms with van der Waals surface area (Å²) in [7, 11) is 2.65. The van der Waals surface area contributed by atoms with Crippen LogP contribution in [0.5, 0.6) is 17.2 Å². The third-order valence-corrected chi connectivity index (χ3v) is 4.63. The second-order valence-electron chi connectivity index (χ2n) is 6.58. The third kappa shape index (κ3) is 5.16. The molecule has 0 bridgehead atoms. The Morgan fingerprint density at radius 1 is 1.23 bits per heavy atom. The summed E-state index contributed by atoms with van der Waals surface area (Å²) in [6.45, 7) is -2.04. The monoisotopic (exact) mass is 419 g/mol. The molecule has 0 radical (unpaired) electrons. The smallest absolute Gasteiger partial charge is 0.387 e. The molecule has 0 aliphatic carbocycles. The second kappa shape index (κ2) is 9.91. The highest BCUT2D eigenvalue weighted by molar-refractivity contribution is 5.86. The van der Waals surface area contributed by atoms with Gasteiger partial charge in [-0.25, -0.2) is 5.43 Å². The molecule has 9 heteroatoms. The lowest BCUT2D eigenvalue weighted by Crippen LogP contribution is -2.38. The van der Waals surface area contributed by atoms with Crippen LogP contribution in [0.25, 0.3) is 0 Å². The number of hydrogen-bond donors (Lipinski definition) is 1.